The first-order chi connectivity index (χ1) is 13.5. The molecule has 1 saturated heterocycles. The van der Waals surface area contributed by atoms with Crippen LogP contribution in [0.5, 0.6) is 5.75 Å². The van der Waals surface area contributed by atoms with Crippen LogP contribution in [0.25, 0.3) is 0 Å². The molecule has 0 amide bonds. The zero-order chi connectivity index (χ0) is 19.7. The highest BCUT2D eigenvalue weighted by molar-refractivity contribution is 7.89. The second kappa shape index (κ2) is 8.00. The Morgan fingerprint density at radius 3 is 2.82 bits per heavy atom. The summed E-state index contributed by atoms with van der Waals surface area (Å²) in [5.74, 6) is 2.29. The molecule has 28 heavy (non-hydrogen) atoms. The molecule has 0 aliphatic carbocycles. The fourth-order valence-electron chi connectivity index (χ4n) is 4.17. The molecule has 7 nitrogen and oxygen atoms in total. The van der Waals surface area contributed by atoms with E-state index in [1.165, 1.54) is 25.7 Å². The van der Waals surface area contributed by atoms with E-state index >= 15 is 0 Å². The highest BCUT2D eigenvalue weighted by atomic mass is 35.5. The smallest absolute Gasteiger partial charge is 0.246 e. The summed E-state index contributed by atoms with van der Waals surface area (Å²) in [6.07, 6.45) is 6.12. The number of aryl methyl sites for hydroxylation is 1. The topological polar surface area (TPSA) is 77.3 Å². The first kappa shape index (κ1) is 19.7. The molecule has 4 rings (SSSR count). The molecule has 2 aromatic rings. The molecule has 1 aromatic heterocycles. The van der Waals surface area contributed by atoms with Gasteiger partial charge in [-0.15, -0.1) is 10.2 Å². The van der Waals surface area contributed by atoms with Crippen molar-refractivity contribution in [2.45, 2.75) is 55.9 Å². The Morgan fingerprint density at radius 1 is 1.14 bits per heavy atom. The lowest BCUT2D eigenvalue weighted by atomic mass is 9.99. The van der Waals surface area contributed by atoms with Crippen molar-refractivity contribution in [1.29, 1.82) is 0 Å². The second-order valence-electron chi connectivity index (χ2n) is 7.43. The van der Waals surface area contributed by atoms with Crippen molar-refractivity contribution in [3.8, 4) is 5.75 Å². The van der Waals surface area contributed by atoms with Crippen LogP contribution in [0.3, 0.4) is 0 Å². The highest BCUT2D eigenvalue weighted by Crippen LogP contribution is 2.34. The van der Waals surface area contributed by atoms with Gasteiger partial charge in [0.2, 0.25) is 10.0 Å². The Kier molecular flexibility index (Phi) is 5.62. The Hall–Kier alpha value is -1.64. The molecule has 2 aliphatic rings. The quantitative estimate of drug-likeness (QED) is 0.752. The lowest BCUT2D eigenvalue weighted by Crippen LogP contribution is -2.40. The van der Waals surface area contributed by atoms with E-state index in [2.05, 4.69) is 14.8 Å². The number of hydrogen-bond acceptors (Lipinski definition) is 5. The molecule has 9 heteroatoms. The molecule has 152 valence electrons. The summed E-state index contributed by atoms with van der Waals surface area (Å²) in [7, 11) is -2.23. The van der Waals surface area contributed by atoms with Crippen molar-refractivity contribution in [2.24, 2.45) is 0 Å². The summed E-state index contributed by atoms with van der Waals surface area (Å²) in [4.78, 5) is 0.153. The van der Waals surface area contributed by atoms with E-state index in [-0.39, 0.29) is 16.6 Å². The number of aromatic nitrogens is 3. The molecular formula is C19H25ClN4O3S. The average molecular weight is 425 g/mol. The van der Waals surface area contributed by atoms with Gasteiger partial charge in [0.25, 0.3) is 0 Å². The van der Waals surface area contributed by atoms with Crippen LogP contribution in [0, 0.1) is 0 Å². The Balaban J connectivity index is 1.62. The number of piperidine rings is 1. The van der Waals surface area contributed by atoms with E-state index < -0.39 is 10.0 Å². The molecule has 0 bridgehead atoms. The number of halogens is 1. The number of fused-ring (bicyclic) bond motifs is 1. The van der Waals surface area contributed by atoms with Crippen molar-refractivity contribution >= 4 is 21.6 Å². The largest absolute Gasteiger partial charge is 0.495 e. The molecule has 0 N–H and O–H groups in total. The highest BCUT2D eigenvalue weighted by Gasteiger charge is 2.35. The molecule has 0 spiro atoms. The molecule has 2 aliphatic heterocycles. The minimum Gasteiger partial charge on any atom is -0.495 e. The van der Waals surface area contributed by atoms with Gasteiger partial charge in [0.15, 0.2) is 0 Å². The number of methoxy groups -OCH3 is 1. The number of rotatable bonds is 4. The predicted octanol–water partition coefficient (Wildman–Crippen LogP) is 3.23. The van der Waals surface area contributed by atoms with E-state index in [4.69, 9.17) is 16.3 Å². The maximum Gasteiger partial charge on any atom is 0.246 e. The fraction of sp³-hybridized carbons (Fsp3) is 0.579. The first-order valence-corrected chi connectivity index (χ1v) is 11.6. The minimum absolute atomic E-state index is 0.0566. The zero-order valence-corrected chi connectivity index (χ0v) is 17.5. The number of ether oxygens (including phenoxy) is 1. The van der Waals surface area contributed by atoms with Gasteiger partial charge in [-0.05, 0) is 37.8 Å². The van der Waals surface area contributed by atoms with Gasteiger partial charge in [0, 0.05) is 43.1 Å². The van der Waals surface area contributed by atoms with Gasteiger partial charge in [-0.1, -0.05) is 18.0 Å². The summed E-state index contributed by atoms with van der Waals surface area (Å²) in [5, 5.41) is 9.27. The van der Waals surface area contributed by atoms with Gasteiger partial charge in [0.05, 0.1) is 7.11 Å². The maximum absolute atomic E-state index is 13.3. The molecule has 1 aromatic carbocycles. The Bertz CT molecular complexity index is 960. The molecule has 1 atom stereocenters. The standard InChI is InChI=1S/C19H25ClN4O3S/c1-27-16-12-15(20)8-9-17(16)28(25,26)23-10-5-6-14(13-23)19-22-21-18-7-3-2-4-11-24(18)19/h8-9,12,14H,2-7,10-11,13H2,1H3. The number of benzene rings is 1. The van der Waals surface area contributed by atoms with Gasteiger partial charge in [-0.2, -0.15) is 4.31 Å². The third-order valence-corrected chi connectivity index (χ3v) is 7.77. The van der Waals surface area contributed by atoms with Crippen molar-refractivity contribution in [3.63, 3.8) is 0 Å². The molecule has 1 unspecified atom stereocenters. The lowest BCUT2D eigenvalue weighted by molar-refractivity contribution is 0.302. The fourth-order valence-corrected chi connectivity index (χ4v) is 6.00. The second-order valence-corrected chi connectivity index (χ2v) is 9.78. The molecule has 1 fully saturated rings. The number of sulfonamides is 1. The molecular weight excluding hydrogens is 400 g/mol. The van der Waals surface area contributed by atoms with Crippen molar-refractivity contribution in [1.82, 2.24) is 19.1 Å². The van der Waals surface area contributed by atoms with Crippen molar-refractivity contribution in [3.05, 3.63) is 34.9 Å². The summed E-state index contributed by atoms with van der Waals surface area (Å²) in [6.45, 7) is 1.82. The number of hydrogen-bond donors (Lipinski definition) is 0. The van der Waals surface area contributed by atoms with E-state index in [9.17, 15) is 8.42 Å². The zero-order valence-electron chi connectivity index (χ0n) is 16.0. The normalized spacial score (nSPS) is 21.1. The summed E-state index contributed by atoms with van der Waals surface area (Å²) < 4.78 is 35.6. The Labute approximate surface area is 170 Å². The monoisotopic (exact) mass is 424 g/mol. The summed E-state index contributed by atoms with van der Waals surface area (Å²) >= 11 is 6.00. The van der Waals surface area contributed by atoms with E-state index in [1.807, 2.05) is 0 Å². The van der Waals surface area contributed by atoms with E-state index in [1.54, 1.807) is 10.4 Å². The van der Waals surface area contributed by atoms with Gasteiger partial charge in [-0.25, -0.2) is 8.42 Å². The third kappa shape index (κ3) is 3.65. The van der Waals surface area contributed by atoms with Crippen LogP contribution in [0.1, 0.15) is 49.7 Å². The Morgan fingerprint density at radius 2 is 2.00 bits per heavy atom. The summed E-state index contributed by atoms with van der Waals surface area (Å²) in [5.41, 5.74) is 0. The van der Waals surface area contributed by atoms with Gasteiger partial charge in [-0.3, -0.25) is 0 Å². The van der Waals surface area contributed by atoms with Gasteiger partial charge in [0.1, 0.15) is 22.3 Å². The summed E-state index contributed by atoms with van der Waals surface area (Å²) in [6, 6.07) is 4.63. The average Bonchev–Trinajstić information content (AvgIpc) is 2.96. The van der Waals surface area contributed by atoms with Crippen LogP contribution in [0.15, 0.2) is 23.1 Å². The van der Waals surface area contributed by atoms with Crippen LogP contribution >= 0.6 is 11.6 Å². The van der Waals surface area contributed by atoms with Crippen molar-refractivity contribution in [2.75, 3.05) is 20.2 Å². The van der Waals surface area contributed by atoms with Crippen LogP contribution in [0.2, 0.25) is 5.02 Å². The lowest BCUT2D eigenvalue weighted by Gasteiger charge is -2.32. The third-order valence-electron chi connectivity index (χ3n) is 5.63. The van der Waals surface area contributed by atoms with Crippen molar-refractivity contribution < 1.29 is 13.2 Å². The van der Waals surface area contributed by atoms with E-state index in [0.717, 1.165) is 50.3 Å². The number of nitrogens with zero attached hydrogens (tertiary/aromatic N) is 4. The van der Waals surface area contributed by atoms with Crippen LogP contribution in [-0.2, 0) is 23.0 Å². The SMILES string of the molecule is COc1cc(Cl)ccc1S(=O)(=O)N1CCCC(c2nnc3n2CCCCC3)C1. The van der Waals surface area contributed by atoms with Crippen LogP contribution in [0.4, 0.5) is 0 Å². The van der Waals surface area contributed by atoms with E-state index in [0.29, 0.717) is 18.1 Å². The minimum atomic E-state index is -3.68. The first-order valence-electron chi connectivity index (χ1n) is 9.76. The van der Waals surface area contributed by atoms with Gasteiger partial charge < -0.3 is 9.30 Å². The van der Waals surface area contributed by atoms with Crippen LogP contribution < -0.4 is 4.74 Å². The maximum atomic E-state index is 13.3. The molecule has 3 heterocycles. The van der Waals surface area contributed by atoms with Crippen LogP contribution in [-0.4, -0.2) is 47.7 Å². The predicted molar refractivity (Wildman–Crippen MR) is 106 cm³/mol. The molecule has 0 radical (unpaired) electrons. The molecule has 0 saturated carbocycles. The van der Waals surface area contributed by atoms with Gasteiger partial charge >= 0.3 is 0 Å².